The van der Waals surface area contributed by atoms with E-state index in [4.69, 9.17) is 11.6 Å². The first-order chi connectivity index (χ1) is 15.1. The number of halogens is 1. The monoisotopic (exact) mass is 434 g/mol. The van der Waals surface area contributed by atoms with Crippen molar-refractivity contribution < 1.29 is 9.59 Å². The number of hydrogen-bond acceptors (Lipinski definition) is 3. The fraction of sp³-hybridized carbons (Fsp3) is 0.167. The minimum absolute atomic E-state index is 0.0777. The van der Waals surface area contributed by atoms with Crippen molar-refractivity contribution in [2.75, 3.05) is 41.7 Å². The molecule has 0 aliphatic carbocycles. The molecule has 3 aromatic carbocycles. The van der Waals surface area contributed by atoms with Crippen LogP contribution in [0.4, 0.5) is 21.9 Å². The molecule has 1 heterocycles. The van der Waals surface area contributed by atoms with E-state index in [2.05, 4.69) is 15.5 Å². The van der Waals surface area contributed by atoms with Crippen molar-refractivity contribution in [3.8, 4) is 0 Å². The number of carbonyl (C=O) groups excluding carboxylic acids is 2. The van der Waals surface area contributed by atoms with Gasteiger partial charge in [-0.2, -0.15) is 0 Å². The highest BCUT2D eigenvalue weighted by Gasteiger charge is 2.21. The van der Waals surface area contributed by atoms with Crippen LogP contribution in [0.3, 0.4) is 0 Å². The molecule has 7 heteroatoms. The van der Waals surface area contributed by atoms with Crippen LogP contribution in [0.15, 0.2) is 78.9 Å². The summed E-state index contributed by atoms with van der Waals surface area (Å²) in [5.74, 6) is -0.178. The van der Waals surface area contributed by atoms with Gasteiger partial charge in [0.1, 0.15) is 0 Å². The molecule has 2 N–H and O–H groups in total. The van der Waals surface area contributed by atoms with Gasteiger partial charge in [-0.15, -0.1) is 0 Å². The molecule has 158 valence electrons. The van der Waals surface area contributed by atoms with Crippen LogP contribution >= 0.6 is 11.6 Å². The van der Waals surface area contributed by atoms with Gasteiger partial charge in [0.25, 0.3) is 5.91 Å². The Balaban J connectivity index is 1.29. The van der Waals surface area contributed by atoms with E-state index in [0.717, 1.165) is 30.2 Å². The Bertz CT molecular complexity index is 1030. The van der Waals surface area contributed by atoms with E-state index >= 15 is 0 Å². The minimum atomic E-state index is -0.178. The van der Waals surface area contributed by atoms with Gasteiger partial charge in [-0.3, -0.25) is 4.79 Å². The Morgan fingerprint density at radius 2 is 1.32 bits per heavy atom. The summed E-state index contributed by atoms with van der Waals surface area (Å²) in [5.41, 5.74) is 3.14. The van der Waals surface area contributed by atoms with Crippen LogP contribution in [0, 0.1) is 0 Å². The lowest BCUT2D eigenvalue weighted by Crippen LogP contribution is -2.50. The molecular formula is C24H23ClN4O2. The standard InChI is InChI=1S/C24H23ClN4O2/c25-19-8-6-18(7-9-19)23(30)26-21-10-12-22(13-11-21)28-14-16-29(17-15-28)24(31)27-20-4-2-1-3-5-20/h1-13H,14-17H2,(H,26,30)(H,27,31). The Morgan fingerprint density at radius 1 is 0.710 bits per heavy atom. The molecule has 0 saturated carbocycles. The van der Waals surface area contributed by atoms with Crippen LogP contribution in [0.1, 0.15) is 10.4 Å². The third kappa shape index (κ3) is 5.35. The SMILES string of the molecule is O=C(Nc1ccc(N2CCN(C(=O)Nc3ccccc3)CC2)cc1)c1ccc(Cl)cc1. The molecule has 0 unspecified atom stereocenters. The smallest absolute Gasteiger partial charge is 0.321 e. The lowest BCUT2D eigenvalue weighted by molar-refractivity contribution is 0.102. The maximum absolute atomic E-state index is 12.4. The molecule has 6 nitrogen and oxygen atoms in total. The van der Waals surface area contributed by atoms with E-state index in [-0.39, 0.29) is 11.9 Å². The molecular weight excluding hydrogens is 412 g/mol. The van der Waals surface area contributed by atoms with Crippen LogP contribution in [0.5, 0.6) is 0 Å². The number of carbonyl (C=O) groups is 2. The van der Waals surface area contributed by atoms with Gasteiger partial charge in [0.2, 0.25) is 0 Å². The molecule has 1 aliphatic rings. The molecule has 0 atom stereocenters. The molecule has 1 fully saturated rings. The Labute approximate surface area is 186 Å². The summed E-state index contributed by atoms with van der Waals surface area (Å²) in [7, 11) is 0. The zero-order valence-electron chi connectivity index (χ0n) is 16.9. The number of anilines is 3. The third-order valence-electron chi connectivity index (χ3n) is 5.19. The number of benzene rings is 3. The molecule has 0 bridgehead atoms. The summed E-state index contributed by atoms with van der Waals surface area (Å²) in [5, 5.41) is 6.42. The first kappa shape index (κ1) is 20.8. The van der Waals surface area contributed by atoms with Crippen LogP contribution in [-0.2, 0) is 0 Å². The van der Waals surface area contributed by atoms with E-state index in [9.17, 15) is 9.59 Å². The van der Waals surface area contributed by atoms with E-state index in [1.807, 2.05) is 59.5 Å². The van der Waals surface area contributed by atoms with Crippen molar-refractivity contribution in [1.82, 2.24) is 4.90 Å². The van der Waals surface area contributed by atoms with Crippen molar-refractivity contribution in [1.29, 1.82) is 0 Å². The largest absolute Gasteiger partial charge is 0.368 e. The number of amides is 3. The van der Waals surface area contributed by atoms with Gasteiger partial charge in [0.05, 0.1) is 0 Å². The van der Waals surface area contributed by atoms with Crippen molar-refractivity contribution in [3.05, 3.63) is 89.4 Å². The quantitative estimate of drug-likeness (QED) is 0.610. The molecule has 0 spiro atoms. The average molecular weight is 435 g/mol. The van der Waals surface area contributed by atoms with E-state index < -0.39 is 0 Å². The maximum atomic E-state index is 12.4. The lowest BCUT2D eigenvalue weighted by Gasteiger charge is -2.36. The van der Waals surface area contributed by atoms with Gasteiger partial charge >= 0.3 is 6.03 Å². The summed E-state index contributed by atoms with van der Waals surface area (Å²) in [6.45, 7) is 2.79. The number of nitrogens with zero attached hydrogens (tertiary/aromatic N) is 2. The second-order valence-electron chi connectivity index (χ2n) is 7.28. The Hall–Kier alpha value is -3.51. The van der Waals surface area contributed by atoms with E-state index in [1.165, 1.54) is 0 Å². The number of hydrogen-bond donors (Lipinski definition) is 2. The fourth-order valence-corrected chi connectivity index (χ4v) is 3.58. The average Bonchev–Trinajstić information content (AvgIpc) is 2.81. The number of rotatable bonds is 4. The van der Waals surface area contributed by atoms with Crippen LogP contribution in [0.25, 0.3) is 0 Å². The van der Waals surface area contributed by atoms with Crippen LogP contribution < -0.4 is 15.5 Å². The van der Waals surface area contributed by atoms with E-state index in [1.54, 1.807) is 24.3 Å². The zero-order chi connectivity index (χ0) is 21.6. The number of nitrogens with one attached hydrogen (secondary N) is 2. The number of piperazine rings is 1. The molecule has 0 radical (unpaired) electrons. The van der Waals surface area contributed by atoms with Gasteiger partial charge < -0.3 is 20.4 Å². The topological polar surface area (TPSA) is 64.7 Å². The first-order valence-electron chi connectivity index (χ1n) is 10.1. The minimum Gasteiger partial charge on any atom is -0.368 e. The van der Waals surface area contributed by atoms with Crippen molar-refractivity contribution in [3.63, 3.8) is 0 Å². The van der Waals surface area contributed by atoms with Crippen LogP contribution in [0.2, 0.25) is 5.02 Å². The predicted octanol–water partition coefficient (Wildman–Crippen LogP) is 4.95. The molecule has 4 rings (SSSR count). The van der Waals surface area contributed by atoms with Gasteiger partial charge in [-0.1, -0.05) is 29.8 Å². The maximum Gasteiger partial charge on any atom is 0.321 e. The third-order valence-corrected chi connectivity index (χ3v) is 5.44. The lowest BCUT2D eigenvalue weighted by atomic mass is 10.2. The second kappa shape index (κ2) is 9.53. The van der Waals surface area contributed by atoms with Crippen molar-refractivity contribution in [2.45, 2.75) is 0 Å². The van der Waals surface area contributed by atoms with Crippen molar-refractivity contribution >= 4 is 40.6 Å². The highest BCUT2D eigenvalue weighted by molar-refractivity contribution is 6.30. The summed E-state index contributed by atoms with van der Waals surface area (Å²) in [4.78, 5) is 28.8. The van der Waals surface area contributed by atoms with Crippen molar-refractivity contribution in [2.24, 2.45) is 0 Å². The molecule has 1 saturated heterocycles. The molecule has 3 amide bonds. The fourth-order valence-electron chi connectivity index (χ4n) is 3.45. The highest BCUT2D eigenvalue weighted by atomic mass is 35.5. The molecule has 31 heavy (non-hydrogen) atoms. The summed E-state index contributed by atoms with van der Waals surface area (Å²) in [6, 6.07) is 23.9. The van der Waals surface area contributed by atoms with Gasteiger partial charge in [-0.05, 0) is 60.7 Å². The summed E-state index contributed by atoms with van der Waals surface area (Å²) in [6.07, 6.45) is 0. The van der Waals surface area contributed by atoms with Gasteiger partial charge in [-0.25, -0.2) is 4.79 Å². The van der Waals surface area contributed by atoms with Gasteiger partial charge in [0.15, 0.2) is 0 Å². The number of urea groups is 1. The first-order valence-corrected chi connectivity index (χ1v) is 10.5. The Morgan fingerprint density at radius 3 is 1.97 bits per heavy atom. The Kier molecular flexibility index (Phi) is 6.38. The predicted molar refractivity (Wildman–Crippen MR) is 125 cm³/mol. The molecule has 1 aliphatic heterocycles. The normalized spacial score (nSPS) is 13.6. The molecule has 3 aromatic rings. The second-order valence-corrected chi connectivity index (χ2v) is 7.71. The summed E-state index contributed by atoms with van der Waals surface area (Å²) >= 11 is 5.87. The zero-order valence-corrected chi connectivity index (χ0v) is 17.7. The van der Waals surface area contributed by atoms with Gasteiger partial charge in [0, 0.05) is 53.8 Å². The van der Waals surface area contributed by atoms with E-state index in [0.29, 0.717) is 23.7 Å². The number of para-hydroxylation sites is 1. The molecule has 0 aromatic heterocycles. The highest BCUT2D eigenvalue weighted by Crippen LogP contribution is 2.21. The van der Waals surface area contributed by atoms with Crippen LogP contribution in [-0.4, -0.2) is 43.0 Å². The summed E-state index contributed by atoms with van der Waals surface area (Å²) < 4.78 is 0.